The predicted molar refractivity (Wildman–Crippen MR) is 72.4 cm³/mol. The number of nitrogens with zero attached hydrogens (tertiary/aromatic N) is 2. The Bertz CT molecular complexity index is 472. The van der Waals surface area contributed by atoms with Crippen LogP contribution >= 0.6 is 0 Å². The molecule has 1 rings (SSSR count). The number of sulfonamides is 1. The number of aromatic nitrogens is 2. The minimum absolute atomic E-state index is 0.179. The van der Waals surface area contributed by atoms with Crippen molar-refractivity contribution in [1.82, 2.24) is 19.8 Å². The average Bonchev–Trinajstić information content (AvgIpc) is 2.85. The first-order valence-corrected chi connectivity index (χ1v) is 7.70. The van der Waals surface area contributed by atoms with Crippen molar-refractivity contribution >= 4 is 10.0 Å². The molecule has 110 valence electrons. The fourth-order valence-electron chi connectivity index (χ4n) is 1.56. The van der Waals surface area contributed by atoms with E-state index in [-0.39, 0.29) is 10.9 Å². The van der Waals surface area contributed by atoms with Crippen LogP contribution in [0.5, 0.6) is 0 Å². The summed E-state index contributed by atoms with van der Waals surface area (Å²) in [5.74, 6) is 0. The quantitative estimate of drug-likeness (QED) is 0.658. The molecule has 0 amide bonds. The topological polar surface area (TPSA) is 85.2 Å². The summed E-state index contributed by atoms with van der Waals surface area (Å²) in [7, 11) is -0.151. The van der Waals surface area contributed by atoms with Crippen molar-refractivity contribution in [3.05, 3.63) is 12.4 Å². The smallest absolute Gasteiger partial charge is 0.244 e. The Balaban J connectivity index is 2.73. The summed E-state index contributed by atoms with van der Waals surface area (Å²) in [6.45, 7) is 3.61. The van der Waals surface area contributed by atoms with E-state index in [1.807, 2.05) is 14.0 Å². The zero-order valence-corrected chi connectivity index (χ0v) is 12.4. The molecular formula is C11H22N4O3S. The minimum atomic E-state index is -3.53. The highest BCUT2D eigenvalue weighted by molar-refractivity contribution is 7.89. The summed E-state index contributed by atoms with van der Waals surface area (Å²) in [5, 5.41) is 7.01. The molecule has 2 N–H and O–H groups in total. The largest absolute Gasteiger partial charge is 0.383 e. The van der Waals surface area contributed by atoms with E-state index in [1.54, 1.807) is 11.8 Å². The van der Waals surface area contributed by atoms with Gasteiger partial charge in [-0.2, -0.15) is 5.10 Å². The standard InChI is InChI=1S/C11H22N4O3S/c1-4-10(9-18-3)14-19(16,17)11-7-13-15(8-11)6-5-12-2/h7-8,10,12,14H,4-6,9H2,1-3H3. The number of hydrogen-bond acceptors (Lipinski definition) is 5. The Kier molecular flexibility index (Phi) is 6.43. The fraction of sp³-hybridized carbons (Fsp3) is 0.727. The third-order valence-electron chi connectivity index (χ3n) is 2.69. The maximum absolute atomic E-state index is 12.1. The normalized spacial score (nSPS) is 13.6. The number of likely N-dealkylation sites (N-methyl/N-ethyl adjacent to an activating group) is 1. The lowest BCUT2D eigenvalue weighted by Crippen LogP contribution is -2.37. The van der Waals surface area contributed by atoms with Gasteiger partial charge in [0.2, 0.25) is 10.0 Å². The third kappa shape index (κ3) is 4.90. The summed E-state index contributed by atoms with van der Waals surface area (Å²) >= 11 is 0. The van der Waals surface area contributed by atoms with Crippen LogP contribution in [0.2, 0.25) is 0 Å². The minimum Gasteiger partial charge on any atom is -0.383 e. The summed E-state index contributed by atoms with van der Waals surface area (Å²) in [4.78, 5) is 0.179. The Morgan fingerprint density at radius 3 is 2.84 bits per heavy atom. The van der Waals surface area contributed by atoms with Crippen LogP contribution in [0, 0.1) is 0 Å². The van der Waals surface area contributed by atoms with Crippen molar-refractivity contribution in [1.29, 1.82) is 0 Å². The molecule has 1 heterocycles. The van der Waals surface area contributed by atoms with Crippen LogP contribution < -0.4 is 10.0 Å². The van der Waals surface area contributed by atoms with Crippen molar-refractivity contribution in [2.45, 2.75) is 30.8 Å². The number of nitrogens with one attached hydrogen (secondary N) is 2. The molecule has 0 aliphatic heterocycles. The van der Waals surface area contributed by atoms with Crippen LogP contribution in [-0.2, 0) is 21.3 Å². The number of ether oxygens (including phenoxy) is 1. The molecule has 1 aromatic rings. The van der Waals surface area contributed by atoms with Gasteiger partial charge in [0.25, 0.3) is 0 Å². The Labute approximate surface area is 114 Å². The second-order valence-electron chi connectivity index (χ2n) is 4.22. The summed E-state index contributed by atoms with van der Waals surface area (Å²) in [6.07, 6.45) is 3.55. The van der Waals surface area contributed by atoms with E-state index in [1.165, 1.54) is 12.4 Å². The van der Waals surface area contributed by atoms with Gasteiger partial charge in [0.15, 0.2) is 0 Å². The van der Waals surface area contributed by atoms with Gasteiger partial charge in [-0.15, -0.1) is 0 Å². The summed E-state index contributed by atoms with van der Waals surface area (Å²) < 4.78 is 33.4. The van der Waals surface area contributed by atoms with Gasteiger partial charge < -0.3 is 10.1 Å². The molecule has 0 bridgehead atoms. The van der Waals surface area contributed by atoms with Gasteiger partial charge in [-0.3, -0.25) is 4.68 Å². The Hall–Kier alpha value is -0.960. The van der Waals surface area contributed by atoms with E-state index >= 15 is 0 Å². The highest BCUT2D eigenvalue weighted by atomic mass is 32.2. The van der Waals surface area contributed by atoms with Crippen molar-refractivity contribution < 1.29 is 13.2 Å². The molecule has 1 unspecified atom stereocenters. The highest BCUT2D eigenvalue weighted by Gasteiger charge is 2.20. The lowest BCUT2D eigenvalue weighted by Gasteiger charge is -2.15. The highest BCUT2D eigenvalue weighted by Crippen LogP contribution is 2.08. The van der Waals surface area contributed by atoms with E-state index < -0.39 is 10.0 Å². The molecule has 0 fully saturated rings. The third-order valence-corrected chi connectivity index (χ3v) is 4.17. The predicted octanol–water partition coefficient (Wildman–Crippen LogP) is -0.194. The van der Waals surface area contributed by atoms with Crippen molar-refractivity contribution in [3.8, 4) is 0 Å². The van der Waals surface area contributed by atoms with Crippen LogP contribution in [0.1, 0.15) is 13.3 Å². The number of rotatable bonds is 9. The molecular weight excluding hydrogens is 268 g/mol. The molecule has 7 nitrogen and oxygen atoms in total. The first-order valence-electron chi connectivity index (χ1n) is 6.21. The Morgan fingerprint density at radius 1 is 1.53 bits per heavy atom. The zero-order valence-electron chi connectivity index (χ0n) is 11.6. The summed E-state index contributed by atoms with van der Waals surface area (Å²) in [5.41, 5.74) is 0. The van der Waals surface area contributed by atoms with E-state index in [4.69, 9.17) is 4.74 Å². The van der Waals surface area contributed by atoms with Crippen molar-refractivity contribution in [3.63, 3.8) is 0 Å². The molecule has 8 heteroatoms. The molecule has 0 saturated carbocycles. The van der Waals surface area contributed by atoms with E-state index in [0.717, 1.165) is 6.54 Å². The van der Waals surface area contributed by atoms with E-state index in [9.17, 15) is 8.42 Å². The zero-order chi connectivity index (χ0) is 14.3. The van der Waals surface area contributed by atoms with Gasteiger partial charge >= 0.3 is 0 Å². The van der Waals surface area contributed by atoms with Gasteiger partial charge in [0.05, 0.1) is 19.3 Å². The van der Waals surface area contributed by atoms with Gasteiger partial charge in [0.1, 0.15) is 4.90 Å². The molecule has 0 aliphatic rings. The van der Waals surface area contributed by atoms with Crippen LogP contribution in [0.4, 0.5) is 0 Å². The van der Waals surface area contributed by atoms with Gasteiger partial charge in [-0.25, -0.2) is 13.1 Å². The molecule has 19 heavy (non-hydrogen) atoms. The first kappa shape index (κ1) is 16.1. The molecule has 0 radical (unpaired) electrons. The van der Waals surface area contributed by atoms with E-state index in [0.29, 0.717) is 19.6 Å². The van der Waals surface area contributed by atoms with Crippen molar-refractivity contribution in [2.24, 2.45) is 0 Å². The molecule has 0 spiro atoms. The second kappa shape index (κ2) is 7.59. The lowest BCUT2D eigenvalue weighted by molar-refractivity contribution is 0.173. The van der Waals surface area contributed by atoms with Gasteiger partial charge in [0, 0.05) is 25.9 Å². The maximum atomic E-state index is 12.1. The number of hydrogen-bond donors (Lipinski definition) is 2. The first-order chi connectivity index (χ1) is 9.03. The average molecular weight is 290 g/mol. The molecule has 0 saturated heterocycles. The monoisotopic (exact) mass is 290 g/mol. The fourth-order valence-corrected chi connectivity index (χ4v) is 2.81. The lowest BCUT2D eigenvalue weighted by atomic mass is 10.3. The maximum Gasteiger partial charge on any atom is 0.244 e. The number of methoxy groups -OCH3 is 1. The van der Waals surface area contributed by atoms with Crippen LogP contribution in [0.15, 0.2) is 17.3 Å². The second-order valence-corrected chi connectivity index (χ2v) is 5.94. The van der Waals surface area contributed by atoms with Crippen LogP contribution in [0.3, 0.4) is 0 Å². The van der Waals surface area contributed by atoms with Crippen LogP contribution in [-0.4, -0.2) is 51.5 Å². The SMILES string of the molecule is CCC(COC)NS(=O)(=O)c1cnn(CCNC)c1. The molecule has 1 aromatic heterocycles. The van der Waals surface area contributed by atoms with Crippen LogP contribution in [0.25, 0.3) is 0 Å². The van der Waals surface area contributed by atoms with Gasteiger partial charge in [-0.05, 0) is 13.5 Å². The molecule has 0 aliphatic carbocycles. The van der Waals surface area contributed by atoms with E-state index in [2.05, 4.69) is 15.1 Å². The summed E-state index contributed by atoms with van der Waals surface area (Å²) in [6, 6.07) is -0.226. The molecule has 1 atom stereocenters. The van der Waals surface area contributed by atoms with Crippen molar-refractivity contribution in [2.75, 3.05) is 27.3 Å². The van der Waals surface area contributed by atoms with Gasteiger partial charge in [-0.1, -0.05) is 6.92 Å². The Morgan fingerprint density at radius 2 is 2.26 bits per heavy atom. The molecule has 0 aromatic carbocycles.